The van der Waals surface area contributed by atoms with Crippen molar-refractivity contribution in [2.75, 3.05) is 13.2 Å². The fraction of sp³-hybridized carbons (Fsp3) is 0.429. The van der Waals surface area contributed by atoms with Crippen LogP contribution in [0.2, 0.25) is 0 Å². The summed E-state index contributed by atoms with van der Waals surface area (Å²) >= 11 is 0. The Kier molecular flexibility index (Phi) is 5.17. The third-order valence-electron chi connectivity index (χ3n) is 3.47. The highest BCUT2D eigenvalue weighted by Gasteiger charge is 2.35. The van der Waals surface area contributed by atoms with Crippen molar-refractivity contribution in [1.82, 2.24) is 14.8 Å². The quantitative estimate of drug-likeness (QED) is 0.690. The van der Waals surface area contributed by atoms with E-state index in [-0.39, 0.29) is 31.7 Å². The van der Waals surface area contributed by atoms with Gasteiger partial charge in [-0.15, -0.1) is 0 Å². The first kappa shape index (κ1) is 16.5. The number of aliphatic hydroxyl groups is 3. The van der Waals surface area contributed by atoms with Crippen molar-refractivity contribution in [2.45, 2.75) is 18.6 Å². The van der Waals surface area contributed by atoms with Crippen molar-refractivity contribution in [2.24, 2.45) is 5.92 Å². The second-order valence-electron chi connectivity index (χ2n) is 5.18. The number of hydrogen-bond donors (Lipinski definition) is 3. The number of aliphatic hydroxyl groups excluding tert-OH is 2. The molecule has 0 aliphatic rings. The van der Waals surface area contributed by atoms with Gasteiger partial charge in [0, 0.05) is 30.8 Å². The van der Waals surface area contributed by atoms with E-state index in [1.807, 2.05) is 0 Å². The highest BCUT2D eigenvalue weighted by atomic mass is 19.1. The molecule has 1 aromatic heterocycles. The summed E-state index contributed by atoms with van der Waals surface area (Å²) in [5.41, 5.74) is -1.90. The van der Waals surface area contributed by atoms with Crippen LogP contribution in [0.3, 0.4) is 0 Å². The smallest absolute Gasteiger partial charge is 0.137 e. The second kappa shape index (κ2) is 6.91. The van der Waals surface area contributed by atoms with Crippen LogP contribution >= 0.6 is 0 Å². The van der Waals surface area contributed by atoms with Crippen molar-refractivity contribution >= 4 is 0 Å². The van der Waals surface area contributed by atoms with Crippen LogP contribution in [0, 0.1) is 17.6 Å². The number of benzene rings is 1. The van der Waals surface area contributed by atoms with Crippen molar-refractivity contribution in [3.05, 3.63) is 48.1 Å². The number of rotatable bonds is 7. The molecule has 0 unspecified atom stereocenters. The van der Waals surface area contributed by atoms with Crippen molar-refractivity contribution in [3.8, 4) is 0 Å². The maximum atomic E-state index is 14.1. The normalized spacial score (nSPS) is 14.3. The second-order valence-corrected chi connectivity index (χ2v) is 5.18. The average molecular weight is 313 g/mol. The van der Waals surface area contributed by atoms with E-state index in [9.17, 15) is 24.1 Å². The van der Waals surface area contributed by atoms with Crippen LogP contribution in [0.4, 0.5) is 8.78 Å². The summed E-state index contributed by atoms with van der Waals surface area (Å²) in [6.07, 6.45) is 2.48. The fourth-order valence-electron chi connectivity index (χ4n) is 2.37. The maximum Gasteiger partial charge on any atom is 0.137 e. The van der Waals surface area contributed by atoms with Crippen LogP contribution in [0.1, 0.15) is 12.0 Å². The summed E-state index contributed by atoms with van der Waals surface area (Å²) in [5, 5.41) is 33.2. The van der Waals surface area contributed by atoms with E-state index in [4.69, 9.17) is 0 Å². The van der Waals surface area contributed by atoms with Gasteiger partial charge in [-0.2, -0.15) is 5.10 Å². The van der Waals surface area contributed by atoms with E-state index in [2.05, 4.69) is 10.1 Å². The molecular weight excluding hydrogens is 296 g/mol. The zero-order chi connectivity index (χ0) is 16.2. The van der Waals surface area contributed by atoms with Crippen LogP contribution in [-0.4, -0.2) is 43.3 Å². The molecule has 1 aromatic carbocycles. The van der Waals surface area contributed by atoms with Crippen LogP contribution in [0.5, 0.6) is 0 Å². The van der Waals surface area contributed by atoms with Gasteiger partial charge >= 0.3 is 0 Å². The molecule has 0 spiro atoms. The first-order chi connectivity index (χ1) is 10.5. The molecule has 0 aliphatic heterocycles. The molecule has 2 rings (SSSR count). The molecule has 0 saturated carbocycles. The molecule has 2 aromatic rings. The lowest BCUT2D eigenvalue weighted by atomic mass is 9.84. The van der Waals surface area contributed by atoms with Gasteiger partial charge in [0.05, 0.1) is 6.54 Å². The monoisotopic (exact) mass is 313 g/mol. The average Bonchev–Trinajstić information content (AvgIpc) is 2.97. The Morgan fingerprint density at radius 2 is 1.95 bits per heavy atom. The Hall–Kier alpha value is -1.90. The topological polar surface area (TPSA) is 91.4 Å². The molecule has 0 radical (unpaired) electrons. The third kappa shape index (κ3) is 3.65. The molecular formula is C14H17F2N3O3. The molecule has 22 heavy (non-hydrogen) atoms. The Balaban J connectivity index is 2.39. The molecule has 1 heterocycles. The SMILES string of the molecule is OCC(CO)C[C@@](O)(Cn1cncn1)c1ccc(F)cc1F. The molecule has 0 saturated heterocycles. The largest absolute Gasteiger partial charge is 0.396 e. The zero-order valence-corrected chi connectivity index (χ0v) is 11.7. The van der Waals surface area contributed by atoms with Crippen molar-refractivity contribution in [1.29, 1.82) is 0 Å². The van der Waals surface area contributed by atoms with Gasteiger partial charge in [0.25, 0.3) is 0 Å². The Bertz CT molecular complexity index is 605. The minimum absolute atomic E-state index is 0.123. The molecule has 3 N–H and O–H groups in total. The lowest BCUT2D eigenvalue weighted by Gasteiger charge is -2.31. The van der Waals surface area contributed by atoms with E-state index >= 15 is 0 Å². The van der Waals surface area contributed by atoms with Crippen LogP contribution in [0.25, 0.3) is 0 Å². The lowest BCUT2D eigenvalue weighted by Crippen LogP contribution is -2.36. The van der Waals surface area contributed by atoms with Gasteiger partial charge in [-0.25, -0.2) is 18.4 Å². The zero-order valence-electron chi connectivity index (χ0n) is 11.7. The van der Waals surface area contributed by atoms with Gasteiger partial charge in [0.15, 0.2) is 0 Å². The van der Waals surface area contributed by atoms with Gasteiger partial charge < -0.3 is 15.3 Å². The van der Waals surface area contributed by atoms with E-state index in [1.165, 1.54) is 17.3 Å². The summed E-state index contributed by atoms with van der Waals surface area (Å²) < 4.78 is 28.4. The minimum Gasteiger partial charge on any atom is -0.396 e. The van der Waals surface area contributed by atoms with Crippen LogP contribution in [-0.2, 0) is 12.1 Å². The highest BCUT2D eigenvalue weighted by molar-refractivity contribution is 5.25. The van der Waals surface area contributed by atoms with E-state index < -0.39 is 23.2 Å². The van der Waals surface area contributed by atoms with Gasteiger partial charge in [-0.05, 0) is 12.5 Å². The van der Waals surface area contributed by atoms with E-state index in [0.717, 1.165) is 12.1 Å². The lowest BCUT2D eigenvalue weighted by molar-refractivity contribution is -0.0283. The van der Waals surface area contributed by atoms with E-state index in [1.54, 1.807) is 0 Å². The number of hydrogen-bond acceptors (Lipinski definition) is 5. The molecule has 0 aliphatic carbocycles. The highest BCUT2D eigenvalue weighted by Crippen LogP contribution is 2.32. The summed E-state index contributed by atoms with van der Waals surface area (Å²) in [7, 11) is 0. The molecule has 0 amide bonds. The van der Waals surface area contributed by atoms with Crippen molar-refractivity contribution < 1.29 is 24.1 Å². The summed E-state index contributed by atoms with van der Waals surface area (Å²) in [4.78, 5) is 3.74. The molecule has 8 heteroatoms. The van der Waals surface area contributed by atoms with Gasteiger partial charge in [-0.3, -0.25) is 0 Å². The van der Waals surface area contributed by atoms with Gasteiger partial charge in [-0.1, -0.05) is 6.07 Å². The molecule has 0 fully saturated rings. The minimum atomic E-state index is -1.78. The van der Waals surface area contributed by atoms with Crippen molar-refractivity contribution in [3.63, 3.8) is 0 Å². The predicted molar refractivity (Wildman–Crippen MR) is 72.6 cm³/mol. The molecule has 120 valence electrons. The summed E-state index contributed by atoms with van der Waals surface area (Å²) in [5.74, 6) is -2.32. The van der Waals surface area contributed by atoms with E-state index in [0.29, 0.717) is 6.07 Å². The number of halogens is 2. The Labute approximate surface area is 125 Å². The maximum absolute atomic E-state index is 14.1. The molecule has 6 nitrogen and oxygen atoms in total. The fourth-order valence-corrected chi connectivity index (χ4v) is 2.37. The van der Waals surface area contributed by atoms with Gasteiger partial charge in [0.2, 0.25) is 0 Å². The van der Waals surface area contributed by atoms with Crippen LogP contribution in [0.15, 0.2) is 30.9 Å². The van der Waals surface area contributed by atoms with Crippen LogP contribution < -0.4 is 0 Å². The third-order valence-corrected chi connectivity index (χ3v) is 3.47. The summed E-state index contributed by atoms with van der Waals surface area (Å²) in [6.45, 7) is -0.899. The standard InChI is InChI=1S/C14H17F2N3O3/c15-11-1-2-12(13(16)3-11)14(22,4-10(5-20)6-21)7-19-9-17-8-18-19/h1-3,8-10,20-22H,4-7H2/t14-/m1/s1. The predicted octanol–water partition coefficient (Wildman–Crippen LogP) is 0.435. The first-order valence-electron chi connectivity index (χ1n) is 6.70. The Morgan fingerprint density at radius 1 is 1.23 bits per heavy atom. The van der Waals surface area contributed by atoms with Gasteiger partial charge in [0.1, 0.15) is 29.9 Å². The molecule has 0 bridgehead atoms. The number of aromatic nitrogens is 3. The Morgan fingerprint density at radius 3 is 2.50 bits per heavy atom. The molecule has 1 atom stereocenters. The number of nitrogens with zero attached hydrogens (tertiary/aromatic N) is 3. The summed E-state index contributed by atoms with van der Waals surface area (Å²) in [6, 6.07) is 2.86. The first-order valence-corrected chi connectivity index (χ1v) is 6.70.